The SMILES string of the molecule is CCC[C@@H](C)NC(=O)CSc1nnc(C[C@@H]2CCS(=O)(=O)C2)o1. The minimum absolute atomic E-state index is 0.0523. The molecule has 0 unspecified atom stereocenters. The van der Waals surface area contributed by atoms with Gasteiger partial charge in [-0.05, 0) is 25.7 Å². The Bertz CT molecular complexity index is 630. The van der Waals surface area contributed by atoms with Crippen LogP contribution < -0.4 is 5.32 Å². The van der Waals surface area contributed by atoms with Crippen LogP contribution in [0.15, 0.2) is 9.64 Å². The number of nitrogens with zero attached hydrogens (tertiary/aromatic N) is 2. The molecule has 0 bridgehead atoms. The number of aromatic nitrogens is 2. The van der Waals surface area contributed by atoms with Crippen LogP contribution in [0.3, 0.4) is 0 Å². The lowest BCUT2D eigenvalue weighted by Crippen LogP contribution is -2.33. The predicted octanol–water partition coefficient (Wildman–Crippen LogP) is 1.44. The van der Waals surface area contributed by atoms with Crippen molar-refractivity contribution in [1.82, 2.24) is 15.5 Å². The fourth-order valence-electron chi connectivity index (χ4n) is 2.61. The molecule has 7 nitrogen and oxygen atoms in total. The summed E-state index contributed by atoms with van der Waals surface area (Å²) in [7, 11) is -2.89. The number of carbonyl (C=O) groups excluding carboxylic acids is 1. The molecule has 1 aliphatic heterocycles. The van der Waals surface area contributed by atoms with Crippen molar-refractivity contribution < 1.29 is 17.6 Å². The van der Waals surface area contributed by atoms with Gasteiger partial charge in [0.15, 0.2) is 9.84 Å². The summed E-state index contributed by atoms with van der Waals surface area (Å²) in [5.74, 6) is 1.09. The zero-order valence-electron chi connectivity index (χ0n) is 13.4. The van der Waals surface area contributed by atoms with E-state index in [0.717, 1.165) is 12.8 Å². The molecule has 1 aromatic heterocycles. The molecule has 130 valence electrons. The van der Waals surface area contributed by atoms with E-state index in [1.165, 1.54) is 11.8 Å². The van der Waals surface area contributed by atoms with Gasteiger partial charge in [-0.25, -0.2) is 8.42 Å². The van der Waals surface area contributed by atoms with Gasteiger partial charge in [0.05, 0.1) is 17.3 Å². The van der Waals surface area contributed by atoms with Gasteiger partial charge in [0.2, 0.25) is 11.8 Å². The van der Waals surface area contributed by atoms with Gasteiger partial charge in [-0.3, -0.25) is 4.79 Å². The van der Waals surface area contributed by atoms with Crippen molar-refractivity contribution in [3.8, 4) is 0 Å². The Labute approximate surface area is 140 Å². The Balaban J connectivity index is 1.75. The van der Waals surface area contributed by atoms with Gasteiger partial charge in [-0.15, -0.1) is 10.2 Å². The molecule has 1 aliphatic rings. The number of nitrogens with one attached hydrogen (secondary N) is 1. The highest BCUT2D eigenvalue weighted by Crippen LogP contribution is 2.23. The summed E-state index contributed by atoms with van der Waals surface area (Å²) >= 11 is 1.20. The van der Waals surface area contributed by atoms with E-state index in [2.05, 4.69) is 22.4 Å². The van der Waals surface area contributed by atoms with E-state index < -0.39 is 9.84 Å². The van der Waals surface area contributed by atoms with E-state index in [0.29, 0.717) is 24.0 Å². The minimum atomic E-state index is -2.89. The van der Waals surface area contributed by atoms with E-state index in [4.69, 9.17) is 4.42 Å². The Morgan fingerprint density at radius 2 is 2.26 bits per heavy atom. The molecular formula is C14H23N3O4S2. The number of hydrogen-bond donors (Lipinski definition) is 1. The highest BCUT2D eigenvalue weighted by atomic mass is 32.2. The van der Waals surface area contributed by atoms with Gasteiger partial charge in [0.1, 0.15) is 0 Å². The zero-order chi connectivity index (χ0) is 16.9. The summed E-state index contributed by atoms with van der Waals surface area (Å²) in [5.41, 5.74) is 0. The van der Waals surface area contributed by atoms with Gasteiger partial charge < -0.3 is 9.73 Å². The van der Waals surface area contributed by atoms with Crippen LogP contribution in [0, 0.1) is 5.92 Å². The predicted molar refractivity (Wildman–Crippen MR) is 88.0 cm³/mol. The summed E-state index contributed by atoms with van der Waals surface area (Å²) in [6.07, 6.45) is 3.10. The summed E-state index contributed by atoms with van der Waals surface area (Å²) < 4.78 is 28.3. The number of thioether (sulfide) groups is 1. The molecule has 1 N–H and O–H groups in total. The second-order valence-corrected chi connectivity index (χ2v) is 9.14. The Morgan fingerprint density at radius 1 is 1.48 bits per heavy atom. The molecule has 23 heavy (non-hydrogen) atoms. The molecule has 1 saturated heterocycles. The third-order valence-electron chi connectivity index (χ3n) is 3.69. The highest BCUT2D eigenvalue weighted by Gasteiger charge is 2.29. The maximum atomic E-state index is 11.8. The minimum Gasteiger partial charge on any atom is -0.416 e. The van der Waals surface area contributed by atoms with Crippen molar-refractivity contribution in [2.24, 2.45) is 5.92 Å². The largest absolute Gasteiger partial charge is 0.416 e. The monoisotopic (exact) mass is 361 g/mol. The summed E-state index contributed by atoms with van der Waals surface area (Å²) in [6, 6.07) is 0.163. The fourth-order valence-corrected chi connectivity index (χ4v) is 5.06. The Hall–Kier alpha value is -1.09. The van der Waals surface area contributed by atoms with Crippen LogP contribution in [0.4, 0.5) is 0 Å². The first-order chi connectivity index (χ1) is 10.9. The molecule has 0 aromatic carbocycles. The molecule has 9 heteroatoms. The molecule has 2 heterocycles. The van der Waals surface area contributed by atoms with Gasteiger partial charge >= 0.3 is 0 Å². The summed E-state index contributed by atoms with van der Waals surface area (Å²) in [6.45, 7) is 4.06. The van der Waals surface area contributed by atoms with E-state index in [1.807, 2.05) is 6.92 Å². The van der Waals surface area contributed by atoms with Crippen molar-refractivity contribution in [2.45, 2.75) is 50.8 Å². The average Bonchev–Trinajstić information content (AvgIpc) is 3.03. The summed E-state index contributed by atoms with van der Waals surface area (Å²) in [5, 5.41) is 11.1. The standard InChI is InChI=1S/C14H23N3O4S2/c1-3-4-10(2)15-12(18)8-22-14-17-16-13(21-14)7-11-5-6-23(19,20)9-11/h10-11H,3-9H2,1-2H3,(H,15,18)/t10-,11+/m1/s1. The first-order valence-electron chi connectivity index (χ1n) is 7.83. The first kappa shape index (κ1) is 18.3. The molecule has 1 aromatic rings. The molecule has 1 amide bonds. The molecule has 0 aliphatic carbocycles. The lowest BCUT2D eigenvalue weighted by Gasteiger charge is -2.11. The molecule has 1 fully saturated rings. The fraction of sp³-hybridized carbons (Fsp3) is 0.786. The maximum Gasteiger partial charge on any atom is 0.277 e. The molecule has 0 radical (unpaired) electrons. The van der Waals surface area contributed by atoms with Crippen LogP contribution in [0.25, 0.3) is 0 Å². The first-order valence-corrected chi connectivity index (χ1v) is 10.6. The van der Waals surface area contributed by atoms with E-state index >= 15 is 0 Å². The van der Waals surface area contributed by atoms with E-state index in [1.54, 1.807) is 0 Å². The molecule has 0 spiro atoms. The maximum absolute atomic E-state index is 11.8. The van der Waals surface area contributed by atoms with Crippen molar-refractivity contribution in [3.05, 3.63) is 5.89 Å². The third kappa shape index (κ3) is 6.14. The number of hydrogen-bond acceptors (Lipinski definition) is 7. The third-order valence-corrected chi connectivity index (χ3v) is 6.35. The van der Waals surface area contributed by atoms with Gasteiger partial charge in [0.25, 0.3) is 5.22 Å². The number of sulfone groups is 1. The van der Waals surface area contributed by atoms with E-state index in [-0.39, 0.29) is 35.1 Å². The lowest BCUT2D eigenvalue weighted by molar-refractivity contribution is -0.119. The van der Waals surface area contributed by atoms with Crippen molar-refractivity contribution in [3.63, 3.8) is 0 Å². The van der Waals surface area contributed by atoms with Crippen LogP contribution in [-0.2, 0) is 21.1 Å². The lowest BCUT2D eigenvalue weighted by atomic mass is 10.1. The Kier molecular flexibility index (Phi) is 6.46. The van der Waals surface area contributed by atoms with Crippen LogP contribution in [-0.4, -0.2) is 47.8 Å². The number of rotatable bonds is 8. The topological polar surface area (TPSA) is 102 Å². The molecule has 2 atom stereocenters. The van der Waals surface area contributed by atoms with Crippen molar-refractivity contribution in [1.29, 1.82) is 0 Å². The Morgan fingerprint density at radius 3 is 2.91 bits per heavy atom. The zero-order valence-corrected chi connectivity index (χ0v) is 15.1. The van der Waals surface area contributed by atoms with Gasteiger partial charge in [-0.1, -0.05) is 25.1 Å². The quantitative estimate of drug-likeness (QED) is 0.699. The molecule has 2 rings (SSSR count). The van der Waals surface area contributed by atoms with E-state index in [9.17, 15) is 13.2 Å². The van der Waals surface area contributed by atoms with Crippen molar-refractivity contribution >= 4 is 27.5 Å². The van der Waals surface area contributed by atoms with Crippen LogP contribution in [0.5, 0.6) is 0 Å². The highest BCUT2D eigenvalue weighted by molar-refractivity contribution is 7.99. The average molecular weight is 361 g/mol. The second kappa shape index (κ2) is 8.14. The molecule has 0 saturated carbocycles. The number of carbonyl (C=O) groups is 1. The smallest absolute Gasteiger partial charge is 0.277 e. The number of amides is 1. The van der Waals surface area contributed by atoms with Gasteiger partial charge in [0, 0.05) is 12.5 Å². The second-order valence-electron chi connectivity index (χ2n) is 5.98. The summed E-state index contributed by atoms with van der Waals surface area (Å²) in [4.78, 5) is 11.8. The van der Waals surface area contributed by atoms with Crippen molar-refractivity contribution in [2.75, 3.05) is 17.3 Å². The molecular weight excluding hydrogens is 338 g/mol. The van der Waals surface area contributed by atoms with Crippen LogP contribution >= 0.6 is 11.8 Å². The van der Waals surface area contributed by atoms with Crippen LogP contribution in [0.2, 0.25) is 0 Å². The van der Waals surface area contributed by atoms with Crippen LogP contribution in [0.1, 0.15) is 39.0 Å². The normalized spacial score (nSPS) is 21.2. The van der Waals surface area contributed by atoms with Gasteiger partial charge in [-0.2, -0.15) is 0 Å².